The third-order valence-electron chi connectivity index (χ3n) is 3.63. The standard InChI is InChI=1S/C15H21NO4/c17-9-11-8-12(14(19)15(20)13(11)18)16-7-6-10-4-2-1-3-5-10/h1-5,8,12-20H,6-7,9H2. The van der Waals surface area contributed by atoms with E-state index < -0.39 is 24.4 Å². The highest BCUT2D eigenvalue weighted by atomic mass is 16.4. The molecule has 0 radical (unpaired) electrons. The Balaban J connectivity index is 1.93. The summed E-state index contributed by atoms with van der Waals surface area (Å²) >= 11 is 0. The predicted molar refractivity (Wildman–Crippen MR) is 75.1 cm³/mol. The average molecular weight is 279 g/mol. The number of rotatable bonds is 5. The maximum atomic E-state index is 9.92. The largest absolute Gasteiger partial charge is 0.392 e. The highest BCUT2D eigenvalue weighted by Gasteiger charge is 2.36. The van der Waals surface area contributed by atoms with Crippen molar-refractivity contribution in [3.63, 3.8) is 0 Å². The van der Waals surface area contributed by atoms with Gasteiger partial charge in [0.2, 0.25) is 0 Å². The number of benzene rings is 1. The van der Waals surface area contributed by atoms with Crippen LogP contribution in [0, 0.1) is 0 Å². The molecular weight excluding hydrogens is 258 g/mol. The molecule has 2 rings (SSSR count). The van der Waals surface area contributed by atoms with Crippen LogP contribution < -0.4 is 5.32 Å². The van der Waals surface area contributed by atoms with Crippen LogP contribution >= 0.6 is 0 Å². The van der Waals surface area contributed by atoms with Crippen molar-refractivity contribution in [3.05, 3.63) is 47.5 Å². The normalized spacial score (nSPS) is 30.1. The van der Waals surface area contributed by atoms with E-state index in [9.17, 15) is 15.3 Å². The van der Waals surface area contributed by atoms with Gasteiger partial charge < -0.3 is 25.7 Å². The van der Waals surface area contributed by atoms with E-state index in [-0.39, 0.29) is 6.61 Å². The number of aliphatic hydroxyl groups is 4. The van der Waals surface area contributed by atoms with Crippen LogP contribution in [0.2, 0.25) is 0 Å². The molecular formula is C15H21NO4. The first kappa shape index (κ1) is 15.2. The Kier molecular flexibility index (Phi) is 5.28. The lowest BCUT2D eigenvalue weighted by Gasteiger charge is -2.34. The van der Waals surface area contributed by atoms with Crippen molar-refractivity contribution in [2.24, 2.45) is 0 Å². The molecule has 1 aromatic rings. The summed E-state index contributed by atoms with van der Waals surface area (Å²) in [7, 11) is 0. The zero-order valence-corrected chi connectivity index (χ0v) is 11.2. The van der Waals surface area contributed by atoms with Crippen LogP contribution in [0.1, 0.15) is 5.56 Å². The lowest BCUT2D eigenvalue weighted by Crippen LogP contribution is -2.54. The van der Waals surface area contributed by atoms with Crippen molar-refractivity contribution in [1.82, 2.24) is 5.32 Å². The average Bonchev–Trinajstić information content (AvgIpc) is 2.48. The Bertz CT molecular complexity index is 448. The highest BCUT2D eigenvalue weighted by Crippen LogP contribution is 2.20. The highest BCUT2D eigenvalue weighted by molar-refractivity contribution is 5.22. The van der Waals surface area contributed by atoms with Crippen molar-refractivity contribution in [1.29, 1.82) is 0 Å². The first-order valence-electron chi connectivity index (χ1n) is 6.76. The number of aliphatic hydroxyl groups excluding tert-OH is 4. The second kappa shape index (κ2) is 6.97. The molecule has 110 valence electrons. The molecule has 0 saturated heterocycles. The van der Waals surface area contributed by atoms with Gasteiger partial charge in [-0.1, -0.05) is 36.4 Å². The SMILES string of the molecule is OCC1=CC(NCCc2ccccc2)C(O)C(O)C1O. The third kappa shape index (κ3) is 3.45. The Morgan fingerprint density at radius 1 is 1.00 bits per heavy atom. The van der Waals surface area contributed by atoms with Gasteiger partial charge in [-0.2, -0.15) is 0 Å². The summed E-state index contributed by atoms with van der Waals surface area (Å²) in [5.41, 5.74) is 1.51. The van der Waals surface area contributed by atoms with Crippen LogP contribution in [0.3, 0.4) is 0 Å². The molecule has 4 atom stereocenters. The maximum absolute atomic E-state index is 9.92. The zero-order chi connectivity index (χ0) is 14.5. The zero-order valence-electron chi connectivity index (χ0n) is 11.2. The van der Waals surface area contributed by atoms with Gasteiger partial charge in [0, 0.05) is 0 Å². The molecule has 5 heteroatoms. The molecule has 0 heterocycles. The summed E-state index contributed by atoms with van der Waals surface area (Å²) in [6, 6.07) is 9.46. The van der Waals surface area contributed by atoms with Crippen LogP contribution in [-0.2, 0) is 6.42 Å². The van der Waals surface area contributed by atoms with Gasteiger partial charge in [-0.3, -0.25) is 0 Å². The minimum atomic E-state index is -1.28. The van der Waals surface area contributed by atoms with Gasteiger partial charge in [-0.05, 0) is 24.1 Å². The summed E-state index contributed by atoms with van der Waals surface area (Å²) in [6.07, 6.45) is -1.19. The van der Waals surface area contributed by atoms with Gasteiger partial charge >= 0.3 is 0 Å². The first-order valence-corrected chi connectivity index (χ1v) is 6.76. The fourth-order valence-electron chi connectivity index (χ4n) is 2.40. The van der Waals surface area contributed by atoms with Crippen molar-refractivity contribution in [2.45, 2.75) is 30.8 Å². The minimum absolute atomic E-state index is 0.332. The molecule has 0 aliphatic heterocycles. The molecule has 5 N–H and O–H groups in total. The summed E-state index contributed by atoms with van der Waals surface area (Å²) in [6.45, 7) is 0.297. The lowest BCUT2D eigenvalue weighted by atomic mass is 9.88. The van der Waals surface area contributed by atoms with E-state index in [0.717, 1.165) is 6.42 Å². The fraction of sp³-hybridized carbons (Fsp3) is 0.467. The molecule has 1 aliphatic carbocycles. The van der Waals surface area contributed by atoms with E-state index >= 15 is 0 Å². The second-order valence-electron chi connectivity index (χ2n) is 5.04. The van der Waals surface area contributed by atoms with Gasteiger partial charge in [0.25, 0.3) is 0 Å². The monoisotopic (exact) mass is 279 g/mol. The van der Waals surface area contributed by atoms with Gasteiger partial charge in [0.15, 0.2) is 0 Å². The van der Waals surface area contributed by atoms with Gasteiger partial charge in [0.1, 0.15) is 18.3 Å². The summed E-state index contributed by atoms with van der Waals surface area (Å²) in [5.74, 6) is 0. The number of nitrogens with one attached hydrogen (secondary N) is 1. The molecule has 0 bridgehead atoms. The Hall–Kier alpha value is -1.24. The molecule has 0 saturated carbocycles. The van der Waals surface area contributed by atoms with Crippen LogP contribution in [0.4, 0.5) is 0 Å². The van der Waals surface area contributed by atoms with E-state index in [2.05, 4.69) is 5.32 Å². The lowest BCUT2D eigenvalue weighted by molar-refractivity contribution is -0.0640. The smallest absolute Gasteiger partial charge is 0.111 e. The van der Waals surface area contributed by atoms with Crippen LogP contribution in [0.15, 0.2) is 42.0 Å². The number of hydrogen-bond acceptors (Lipinski definition) is 5. The van der Waals surface area contributed by atoms with Gasteiger partial charge in [-0.25, -0.2) is 0 Å². The van der Waals surface area contributed by atoms with Crippen molar-refractivity contribution in [3.8, 4) is 0 Å². The molecule has 0 aromatic heterocycles. The van der Waals surface area contributed by atoms with E-state index in [1.54, 1.807) is 6.08 Å². The van der Waals surface area contributed by atoms with Gasteiger partial charge in [0.05, 0.1) is 12.6 Å². The van der Waals surface area contributed by atoms with E-state index in [0.29, 0.717) is 12.1 Å². The summed E-state index contributed by atoms with van der Waals surface area (Å²) < 4.78 is 0. The van der Waals surface area contributed by atoms with E-state index in [1.165, 1.54) is 5.56 Å². The quantitative estimate of drug-likeness (QED) is 0.455. The third-order valence-corrected chi connectivity index (χ3v) is 3.63. The Labute approximate surface area is 118 Å². The molecule has 1 aliphatic rings. The molecule has 1 aromatic carbocycles. The molecule has 0 spiro atoms. The van der Waals surface area contributed by atoms with Gasteiger partial charge in [-0.15, -0.1) is 0 Å². The Morgan fingerprint density at radius 2 is 1.70 bits per heavy atom. The van der Waals surface area contributed by atoms with Crippen LogP contribution in [0.25, 0.3) is 0 Å². The van der Waals surface area contributed by atoms with Crippen LogP contribution in [-0.4, -0.2) is 57.9 Å². The first-order chi connectivity index (χ1) is 9.63. The van der Waals surface area contributed by atoms with E-state index in [1.807, 2.05) is 30.3 Å². The minimum Gasteiger partial charge on any atom is -0.392 e. The van der Waals surface area contributed by atoms with E-state index in [4.69, 9.17) is 5.11 Å². The summed E-state index contributed by atoms with van der Waals surface area (Å²) in [5, 5.41) is 41.6. The maximum Gasteiger partial charge on any atom is 0.111 e. The molecule has 0 fully saturated rings. The van der Waals surface area contributed by atoms with Crippen LogP contribution in [0.5, 0.6) is 0 Å². The van der Waals surface area contributed by atoms with Crippen molar-refractivity contribution in [2.75, 3.05) is 13.2 Å². The number of hydrogen-bond donors (Lipinski definition) is 5. The Morgan fingerprint density at radius 3 is 2.35 bits per heavy atom. The topological polar surface area (TPSA) is 93.0 Å². The predicted octanol–water partition coefficient (Wildman–Crippen LogP) is -0.798. The molecule has 20 heavy (non-hydrogen) atoms. The molecule has 0 amide bonds. The molecule has 5 nitrogen and oxygen atoms in total. The molecule has 4 unspecified atom stereocenters. The fourth-order valence-corrected chi connectivity index (χ4v) is 2.40. The van der Waals surface area contributed by atoms with Crippen molar-refractivity contribution < 1.29 is 20.4 Å². The van der Waals surface area contributed by atoms with Crippen molar-refractivity contribution >= 4 is 0 Å². The second-order valence-corrected chi connectivity index (χ2v) is 5.04. The summed E-state index contributed by atoms with van der Waals surface area (Å²) in [4.78, 5) is 0.